The Labute approximate surface area is 114 Å². The lowest BCUT2D eigenvalue weighted by molar-refractivity contribution is -0.116. The molecule has 1 N–H and O–H groups in total. The lowest BCUT2D eigenvalue weighted by atomic mass is 10.4. The smallest absolute Gasteiger partial charge is 0.316 e. The molecule has 0 saturated carbocycles. The summed E-state index contributed by atoms with van der Waals surface area (Å²) >= 11 is 0. The lowest BCUT2D eigenvalue weighted by Gasteiger charge is -2.06. The number of ether oxygens (including phenoxy) is 1. The molecule has 0 atom stereocenters. The molecule has 8 nitrogen and oxygen atoms in total. The Morgan fingerprint density at radius 1 is 1.35 bits per heavy atom. The van der Waals surface area contributed by atoms with E-state index in [1.54, 1.807) is 6.92 Å². The van der Waals surface area contributed by atoms with Gasteiger partial charge in [0, 0.05) is 11.8 Å². The predicted molar refractivity (Wildman–Crippen MR) is 70.4 cm³/mol. The van der Waals surface area contributed by atoms with Gasteiger partial charge in [-0.15, -0.1) is 0 Å². The summed E-state index contributed by atoms with van der Waals surface area (Å²) in [4.78, 5) is 35.1. The lowest BCUT2D eigenvalue weighted by Crippen LogP contribution is -2.27. The van der Waals surface area contributed by atoms with Crippen LogP contribution in [0.15, 0.2) is 29.6 Å². The van der Waals surface area contributed by atoms with Crippen molar-refractivity contribution >= 4 is 11.6 Å². The maximum atomic E-state index is 11.8. The molecule has 0 radical (unpaired) electrons. The van der Waals surface area contributed by atoms with Crippen LogP contribution in [-0.4, -0.2) is 32.5 Å². The second-order valence-electron chi connectivity index (χ2n) is 4.00. The van der Waals surface area contributed by atoms with Crippen LogP contribution in [0.2, 0.25) is 0 Å². The molecule has 104 valence electrons. The third kappa shape index (κ3) is 3.37. The molecule has 0 aliphatic carbocycles. The van der Waals surface area contributed by atoms with Crippen molar-refractivity contribution in [2.75, 3.05) is 12.4 Å². The Balaban J connectivity index is 2.03. The number of methoxy groups -OCH3 is 1. The Hall–Kier alpha value is -2.77. The monoisotopic (exact) mass is 275 g/mol. The molecule has 8 heteroatoms. The van der Waals surface area contributed by atoms with E-state index in [2.05, 4.69) is 20.3 Å². The minimum atomic E-state index is -0.369. The molecule has 0 aliphatic rings. The van der Waals surface area contributed by atoms with E-state index in [9.17, 15) is 9.59 Å². The number of hydrogen-bond acceptors (Lipinski definition) is 6. The molecule has 2 rings (SSSR count). The van der Waals surface area contributed by atoms with Gasteiger partial charge >= 0.3 is 6.01 Å². The number of amides is 1. The molecule has 2 aromatic rings. The molecule has 1 amide bonds. The summed E-state index contributed by atoms with van der Waals surface area (Å²) in [6.45, 7) is 1.58. The van der Waals surface area contributed by atoms with Crippen molar-refractivity contribution in [3.63, 3.8) is 0 Å². The topological polar surface area (TPSA) is 99.0 Å². The molecule has 0 aliphatic heterocycles. The summed E-state index contributed by atoms with van der Waals surface area (Å²) in [5, 5.41) is 2.58. The van der Waals surface area contributed by atoms with Gasteiger partial charge in [0.15, 0.2) is 0 Å². The number of anilines is 1. The summed E-state index contributed by atoms with van der Waals surface area (Å²) in [5.41, 5.74) is 0.748. The summed E-state index contributed by atoms with van der Waals surface area (Å²) in [6, 6.07) is 1.57. The molecule has 0 saturated heterocycles. The fraction of sp³-hybridized carbons (Fsp3) is 0.250. The van der Waals surface area contributed by atoms with E-state index in [0.717, 1.165) is 0 Å². The van der Waals surface area contributed by atoms with Gasteiger partial charge in [0.25, 0.3) is 5.56 Å². The van der Waals surface area contributed by atoms with Crippen LogP contribution >= 0.6 is 0 Å². The Morgan fingerprint density at radius 3 is 2.65 bits per heavy atom. The van der Waals surface area contributed by atoms with Crippen LogP contribution in [0.1, 0.15) is 5.69 Å². The number of hydrogen-bond donors (Lipinski definition) is 1. The van der Waals surface area contributed by atoms with E-state index in [1.165, 1.54) is 36.5 Å². The van der Waals surface area contributed by atoms with Gasteiger partial charge in [-0.1, -0.05) is 0 Å². The van der Waals surface area contributed by atoms with Crippen LogP contribution in [0, 0.1) is 6.92 Å². The highest BCUT2D eigenvalue weighted by atomic mass is 16.5. The molecule has 2 heterocycles. The molecule has 0 fully saturated rings. The predicted octanol–water partition coefficient (Wildman–Crippen LogP) is -0.0110. The van der Waals surface area contributed by atoms with E-state index in [1.807, 2.05) is 0 Å². The number of aryl methyl sites for hydroxylation is 1. The van der Waals surface area contributed by atoms with Gasteiger partial charge in [0.1, 0.15) is 6.54 Å². The average Bonchev–Trinajstić information content (AvgIpc) is 2.43. The maximum Gasteiger partial charge on any atom is 0.316 e. The first-order valence-corrected chi connectivity index (χ1v) is 5.77. The molecular formula is C12H13N5O3. The fourth-order valence-electron chi connectivity index (χ4n) is 1.48. The maximum absolute atomic E-state index is 11.8. The van der Waals surface area contributed by atoms with Crippen LogP contribution < -0.4 is 15.6 Å². The van der Waals surface area contributed by atoms with Gasteiger partial charge in [-0.05, 0) is 6.92 Å². The molecule has 20 heavy (non-hydrogen) atoms. The highest BCUT2D eigenvalue weighted by Gasteiger charge is 2.06. The zero-order valence-corrected chi connectivity index (χ0v) is 11.0. The van der Waals surface area contributed by atoms with Crippen molar-refractivity contribution in [1.29, 1.82) is 0 Å². The average molecular weight is 275 g/mol. The van der Waals surface area contributed by atoms with Crippen LogP contribution in [0.3, 0.4) is 0 Å². The van der Waals surface area contributed by atoms with Crippen molar-refractivity contribution < 1.29 is 9.53 Å². The molecular weight excluding hydrogens is 262 g/mol. The van der Waals surface area contributed by atoms with Crippen molar-refractivity contribution in [3.05, 3.63) is 40.8 Å². The molecule has 0 aromatic carbocycles. The Bertz CT molecular complexity index is 666. The van der Waals surface area contributed by atoms with Gasteiger partial charge in [-0.2, -0.15) is 0 Å². The normalized spacial score (nSPS) is 10.1. The second kappa shape index (κ2) is 5.91. The van der Waals surface area contributed by atoms with E-state index < -0.39 is 0 Å². The van der Waals surface area contributed by atoms with Crippen LogP contribution in [0.25, 0.3) is 0 Å². The van der Waals surface area contributed by atoms with Gasteiger partial charge in [0.2, 0.25) is 5.91 Å². The third-order valence-corrected chi connectivity index (χ3v) is 2.42. The van der Waals surface area contributed by atoms with Crippen molar-refractivity contribution in [2.24, 2.45) is 0 Å². The zero-order valence-electron chi connectivity index (χ0n) is 11.0. The molecule has 0 spiro atoms. The summed E-state index contributed by atoms with van der Waals surface area (Å²) in [6.07, 6.45) is 4.17. The largest absolute Gasteiger partial charge is 0.467 e. The van der Waals surface area contributed by atoms with Gasteiger partial charge in [-0.3, -0.25) is 14.2 Å². The SMILES string of the molecule is COc1ncc(NC(=O)Cn2cnc(C)cc2=O)cn1. The van der Waals surface area contributed by atoms with Crippen molar-refractivity contribution in [2.45, 2.75) is 13.5 Å². The van der Waals surface area contributed by atoms with Crippen LogP contribution in [0.4, 0.5) is 5.69 Å². The first-order chi connectivity index (χ1) is 9.58. The first kappa shape index (κ1) is 13.7. The number of nitrogens with zero attached hydrogens (tertiary/aromatic N) is 4. The number of carbonyl (C=O) groups is 1. The zero-order chi connectivity index (χ0) is 14.5. The number of carbonyl (C=O) groups excluding carboxylic acids is 1. The molecule has 0 bridgehead atoms. The number of nitrogens with one attached hydrogen (secondary N) is 1. The van der Waals surface area contributed by atoms with Gasteiger partial charge < -0.3 is 10.1 Å². The second-order valence-corrected chi connectivity index (χ2v) is 4.00. The molecule has 2 aromatic heterocycles. The minimum Gasteiger partial charge on any atom is -0.467 e. The third-order valence-electron chi connectivity index (χ3n) is 2.42. The Morgan fingerprint density at radius 2 is 2.05 bits per heavy atom. The van der Waals surface area contributed by atoms with E-state index in [4.69, 9.17) is 4.74 Å². The molecule has 0 unspecified atom stereocenters. The highest BCUT2D eigenvalue weighted by molar-refractivity contribution is 5.90. The minimum absolute atomic E-state index is 0.127. The first-order valence-electron chi connectivity index (χ1n) is 5.77. The van der Waals surface area contributed by atoms with Crippen molar-refractivity contribution in [3.8, 4) is 6.01 Å². The van der Waals surface area contributed by atoms with Crippen molar-refractivity contribution in [1.82, 2.24) is 19.5 Å². The Kier molecular flexibility index (Phi) is 4.04. The summed E-state index contributed by atoms with van der Waals surface area (Å²) in [5.74, 6) is -0.369. The van der Waals surface area contributed by atoms with Crippen LogP contribution in [0.5, 0.6) is 6.01 Å². The summed E-state index contributed by atoms with van der Waals surface area (Å²) < 4.78 is 6.02. The standard InChI is InChI=1S/C12H13N5O3/c1-8-3-11(19)17(7-15-8)6-10(18)16-9-4-13-12(20-2)14-5-9/h3-5,7H,6H2,1-2H3,(H,16,18). The summed E-state index contributed by atoms with van der Waals surface area (Å²) in [7, 11) is 1.45. The van der Waals surface area contributed by atoms with Gasteiger partial charge in [0.05, 0.1) is 31.5 Å². The fourth-order valence-corrected chi connectivity index (χ4v) is 1.48. The van der Waals surface area contributed by atoms with E-state index in [0.29, 0.717) is 11.4 Å². The number of aromatic nitrogens is 4. The highest BCUT2D eigenvalue weighted by Crippen LogP contribution is 2.06. The van der Waals surface area contributed by atoms with E-state index >= 15 is 0 Å². The quantitative estimate of drug-likeness (QED) is 0.842. The van der Waals surface area contributed by atoms with E-state index in [-0.39, 0.29) is 24.0 Å². The van der Waals surface area contributed by atoms with Gasteiger partial charge in [-0.25, -0.2) is 15.0 Å². The number of rotatable bonds is 4. The van der Waals surface area contributed by atoms with Crippen LogP contribution in [-0.2, 0) is 11.3 Å².